The Balaban J connectivity index is 2.40. The van der Waals surface area contributed by atoms with E-state index in [0.29, 0.717) is 11.9 Å². The molecular formula is C10H15ClN4O. The van der Waals surface area contributed by atoms with Gasteiger partial charge in [-0.2, -0.15) is 0 Å². The van der Waals surface area contributed by atoms with Crippen LogP contribution in [-0.2, 0) is 4.79 Å². The second-order valence-electron chi connectivity index (χ2n) is 3.45. The van der Waals surface area contributed by atoms with Crippen LogP contribution in [0.1, 0.15) is 20.3 Å². The van der Waals surface area contributed by atoms with Crippen LogP contribution >= 0.6 is 11.6 Å². The predicted octanol–water partition coefficient (Wildman–Crippen LogP) is 1.46. The highest BCUT2D eigenvalue weighted by Gasteiger charge is 2.05. The predicted molar refractivity (Wildman–Crippen MR) is 63.4 cm³/mol. The number of hydrogen-bond donors (Lipinski definition) is 2. The second-order valence-corrected chi connectivity index (χ2v) is 3.79. The second kappa shape index (κ2) is 6.40. The molecule has 0 fully saturated rings. The van der Waals surface area contributed by atoms with Gasteiger partial charge in [0.25, 0.3) is 0 Å². The van der Waals surface area contributed by atoms with Gasteiger partial charge in [-0.25, -0.2) is 9.97 Å². The van der Waals surface area contributed by atoms with E-state index in [4.69, 9.17) is 11.6 Å². The number of nitrogens with one attached hydrogen (secondary N) is 2. The van der Waals surface area contributed by atoms with Crippen molar-refractivity contribution >= 4 is 23.3 Å². The number of halogens is 1. The monoisotopic (exact) mass is 242 g/mol. The van der Waals surface area contributed by atoms with Crippen LogP contribution < -0.4 is 10.6 Å². The zero-order chi connectivity index (χ0) is 12.0. The van der Waals surface area contributed by atoms with Gasteiger partial charge in [0, 0.05) is 12.2 Å². The molecule has 0 aliphatic rings. The summed E-state index contributed by atoms with van der Waals surface area (Å²) in [6, 6.07) is 1.91. The van der Waals surface area contributed by atoms with E-state index >= 15 is 0 Å². The van der Waals surface area contributed by atoms with Gasteiger partial charge in [-0.1, -0.05) is 6.92 Å². The van der Waals surface area contributed by atoms with Crippen molar-refractivity contribution in [3.05, 3.63) is 17.5 Å². The van der Waals surface area contributed by atoms with E-state index < -0.39 is 0 Å². The van der Waals surface area contributed by atoms with Crippen molar-refractivity contribution in [2.24, 2.45) is 0 Å². The summed E-state index contributed by atoms with van der Waals surface area (Å²) in [6.07, 6.45) is 2.47. The third-order valence-electron chi connectivity index (χ3n) is 2.12. The number of aromatic nitrogens is 2. The number of carbonyl (C=O) groups excluding carboxylic acids is 1. The molecule has 0 aromatic carbocycles. The fourth-order valence-corrected chi connectivity index (χ4v) is 1.15. The van der Waals surface area contributed by atoms with E-state index in [2.05, 4.69) is 27.5 Å². The van der Waals surface area contributed by atoms with Crippen LogP contribution in [-0.4, -0.2) is 28.5 Å². The Morgan fingerprint density at radius 3 is 3.00 bits per heavy atom. The summed E-state index contributed by atoms with van der Waals surface area (Å²) < 4.78 is 0. The number of rotatable bonds is 5. The Bertz CT molecular complexity index is 358. The molecule has 0 spiro atoms. The molecule has 0 aliphatic carbocycles. The van der Waals surface area contributed by atoms with Gasteiger partial charge < -0.3 is 10.6 Å². The van der Waals surface area contributed by atoms with Crippen LogP contribution in [0, 0.1) is 0 Å². The third-order valence-corrected chi connectivity index (χ3v) is 2.30. The van der Waals surface area contributed by atoms with E-state index in [1.54, 1.807) is 6.07 Å². The molecule has 5 nitrogen and oxygen atoms in total. The van der Waals surface area contributed by atoms with Crippen molar-refractivity contribution in [2.75, 3.05) is 11.9 Å². The molecule has 88 valence electrons. The van der Waals surface area contributed by atoms with Gasteiger partial charge in [0.1, 0.15) is 5.82 Å². The lowest BCUT2D eigenvalue weighted by Gasteiger charge is -2.10. The maximum Gasteiger partial charge on any atom is 0.239 e. The topological polar surface area (TPSA) is 66.9 Å². The minimum Gasteiger partial charge on any atom is -0.309 e. The smallest absolute Gasteiger partial charge is 0.239 e. The van der Waals surface area contributed by atoms with Crippen LogP contribution in [0.3, 0.4) is 0 Å². The van der Waals surface area contributed by atoms with E-state index in [1.165, 1.54) is 6.20 Å². The molecule has 6 heteroatoms. The average Bonchev–Trinajstić information content (AvgIpc) is 2.26. The summed E-state index contributed by atoms with van der Waals surface area (Å²) in [5, 5.41) is 5.82. The first-order valence-corrected chi connectivity index (χ1v) is 5.51. The largest absolute Gasteiger partial charge is 0.309 e. The molecule has 1 atom stereocenters. The van der Waals surface area contributed by atoms with Crippen molar-refractivity contribution in [1.29, 1.82) is 0 Å². The molecule has 1 amide bonds. The molecule has 0 saturated carbocycles. The first kappa shape index (κ1) is 12.9. The summed E-state index contributed by atoms with van der Waals surface area (Å²) in [5.41, 5.74) is 0. The maximum atomic E-state index is 11.5. The number of carbonyl (C=O) groups is 1. The number of hydrogen-bond acceptors (Lipinski definition) is 4. The normalized spacial score (nSPS) is 12.2. The summed E-state index contributed by atoms with van der Waals surface area (Å²) >= 11 is 5.59. The molecule has 1 aromatic heterocycles. The Morgan fingerprint density at radius 2 is 2.38 bits per heavy atom. The van der Waals surface area contributed by atoms with Crippen molar-refractivity contribution in [2.45, 2.75) is 26.3 Å². The molecule has 0 radical (unpaired) electrons. The third kappa shape index (κ3) is 4.55. The maximum absolute atomic E-state index is 11.5. The lowest BCUT2D eigenvalue weighted by atomic mass is 10.2. The summed E-state index contributed by atoms with van der Waals surface area (Å²) in [4.78, 5) is 19.0. The Morgan fingerprint density at radius 1 is 1.62 bits per heavy atom. The zero-order valence-electron chi connectivity index (χ0n) is 9.33. The lowest BCUT2D eigenvalue weighted by molar-refractivity contribution is -0.115. The molecule has 2 N–H and O–H groups in total. The van der Waals surface area contributed by atoms with Gasteiger partial charge >= 0.3 is 0 Å². The van der Waals surface area contributed by atoms with Crippen molar-refractivity contribution < 1.29 is 4.79 Å². The molecule has 1 rings (SSSR count). The zero-order valence-corrected chi connectivity index (χ0v) is 10.1. The average molecular weight is 243 g/mol. The van der Waals surface area contributed by atoms with Gasteiger partial charge in [-0.3, -0.25) is 4.79 Å². The van der Waals surface area contributed by atoms with Crippen LogP contribution in [0.25, 0.3) is 0 Å². The molecule has 16 heavy (non-hydrogen) atoms. The highest BCUT2D eigenvalue weighted by molar-refractivity contribution is 6.28. The van der Waals surface area contributed by atoms with Crippen LogP contribution in [0.15, 0.2) is 12.3 Å². The van der Waals surface area contributed by atoms with Gasteiger partial charge in [0.05, 0.1) is 6.54 Å². The van der Waals surface area contributed by atoms with Gasteiger partial charge in [0.15, 0.2) is 0 Å². The van der Waals surface area contributed by atoms with Gasteiger partial charge in [-0.05, 0) is 31.0 Å². The van der Waals surface area contributed by atoms with Crippen LogP contribution in [0.2, 0.25) is 5.28 Å². The summed E-state index contributed by atoms with van der Waals surface area (Å²) in [5.74, 6) is 0.269. The number of anilines is 1. The number of amides is 1. The van der Waals surface area contributed by atoms with E-state index in [-0.39, 0.29) is 17.7 Å². The van der Waals surface area contributed by atoms with Crippen LogP contribution in [0.4, 0.5) is 5.82 Å². The van der Waals surface area contributed by atoms with Crippen molar-refractivity contribution in [3.63, 3.8) is 0 Å². The highest BCUT2D eigenvalue weighted by Crippen LogP contribution is 2.05. The minimum atomic E-state index is -0.143. The first-order valence-electron chi connectivity index (χ1n) is 5.13. The quantitative estimate of drug-likeness (QED) is 0.767. The molecule has 0 bridgehead atoms. The molecule has 0 saturated heterocycles. The fourth-order valence-electron chi connectivity index (χ4n) is 1.00. The summed E-state index contributed by atoms with van der Waals surface area (Å²) in [7, 11) is 0. The first-order chi connectivity index (χ1) is 7.61. The van der Waals surface area contributed by atoms with Gasteiger partial charge in [0.2, 0.25) is 11.2 Å². The summed E-state index contributed by atoms with van der Waals surface area (Å²) in [6.45, 7) is 4.34. The lowest BCUT2D eigenvalue weighted by Crippen LogP contribution is -2.34. The molecule has 1 aromatic rings. The number of nitrogens with zero attached hydrogens (tertiary/aromatic N) is 2. The Hall–Kier alpha value is -1.20. The Labute approximate surface area is 99.6 Å². The SMILES string of the molecule is CCC(C)NCC(=O)Nc1ccnc(Cl)n1. The molecule has 0 aliphatic heterocycles. The molecular weight excluding hydrogens is 228 g/mol. The van der Waals surface area contributed by atoms with E-state index in [9.17, 15) is 4.79 Å². The van der Waals surface area contributed by atoms with Gasteiger partial charge in [-0.15, -0.1) is 0 Å². The standard InChI is InChI=1S/C10H15ClN4O/c1-3-7(2)13-6-9(16)14-8-4-5-12-10(11)15-8/h4-5,7,13H,3,6H2,1-2H3,(H,12,14,15,16). The fraction of sp³-hybridized carbons (Fsp3) is 0.500. The molecule has 1 unspecified atom stereocenters. The Kier molecular flexibility index (Phi) is 5.14. The van der Waals surface area contributed by atoms with Crippen molar-refractivity contribution in [1.82, 2.24) is 15.3 Å². The van der Waals surface area contributed by atoms with E-state index in [0.717, 1.165) is 6.42 Å². The van der Waals surface area contributed by atoms with E-state index in [1.807, 2.05) is 6.92 Å². The minimum absolute atomic E-state index is 0.118. The molecule has 1 heterocycles. The highest BCUT2D eigenvalue weighted by atomic mass is 35.5. The van der Waals surface area contributed by atoms with Crippen LogP contribution in [0.5, 0.6) is 0 Å². The van der Waals surface area contributed by atoms with Crippen molar-refractivity contribution in [3.8, 4) is 0 Å².